The summed E-state index contributed by atoms with van der Waals surface area (Å²) in [7, 11) is -3.22. The van der Waals surface area contributed by atoms with E-state index in [2.05, 4.69) is 4.74 Å². The van der Waals surface area contributed by atoms with Gasteiger partial charge >= 0.3 is 12.1 Å². The van der Waals surface area contributed by atoms with Gasteiger partial charge in [0, 0.05) is 6.54 Å². The first kappa shape index (κ1) is 16.1. The van der Waals surface area contributed by atoms with Gasteiger partial charge < -0.3 is 9.47 Å². The van der Waals surface area contributed by atoms with Crippen LogP contribution in [0.5, 0.6) is 0 Å². The van der Waals surface area contributed by atoms with Crippen LogP contribution in [0.25, 0.3) is 0 Å². The van der Waals surface area contributed by atoms with Gasteiger partial charge in [-0.15, -0.1) is 0 Å². The lowest BCUT2D eigenvalue weighted by molar-refractivity contribution is -0.157. The molecule has 0 saturated carbocycles. The molecule has 1 heterocycles. The van der Waals surface area contributed by atoms with Crippen LogP contribution in [-0.4, -0.2) is 64.3 Å². The molecule has 1 fully saturated rings. The average Bonchev–Trinajstić information content (AvgIpc) is 2.35. The van der Waals surface area contributed by atoms with E-state index in [0.29, 0.717) is 4.31 Å². The topological polar surface area (TPSA) is 84.9 Å². The van der Waals surface area contributed by atoms with Crippen LogP contribution in [0.3, 0.4) is 0 Å². The van der Waals surface area contributed by atoms with Crippen molar-refractivity contribution in [2.24, 2.45) is 0 Å². The van der Waals surface area contributed by atoms with Crippen LogP contribution < -0.4 is 4.72 Å². The number of hydrogen-bond donors (Lipinski definition) is 1. The Hall–Kier alpha value is -0.910. The second-order valence-electron chi connectivity index (χ2n) is 3.68. The zero-order valence-electron chi connectivity index (χ0n) is 9.94. The molecule has 1 atom stereocenters. The third-order valence-corrected chi connectivity index (χ3v) is 3.81. The van der Waals surface area contributed by atoms with Gasteiger partial charge in [0.05, 0.1) is 20.3 Å². The van der Waals surface area contributed by atoms with E-state index in [1.54, 1.807) is 0 Å². The van der Waals surface area contributed by atoms with Crippen LogP contribution in [-0.2, 0) is 24.5 Å². The maximum atomic E-state index is 12.0. The molecule has 0 aliphatic carbocycles. The van der Waals surface area contributed by atoms with Crippen LogP contribution in [0.1, 0.15) is 0 Å². The Morgan fingerprint density at radius 2 is 2.16 bits per heavy atom. The third-order valence-electron chi connectivity index (χ3n) is 2.29. The summed E-state index contributed by atoms with van der Waals surface area (Å²) in [5.41, 5.74) is 0. The number of carbonyl (C=O) groups is 1. The van der Waals surface area contributed by atoms with Crippen LogP contribution >= 0.6 is 0 Å². The summed E-state index contributed by atoms with van der Waals surface area (Å²) >= 11 is 0. The molecule has 1 unspecified atom stereocenters. The Kier molecular flexibility index (Phi) is 5.12. The summed E-state index contributed by atoms with van der Waals surface area (Å²) < 4.78 is 70.6. The highest BCUT2D eigenvalue weighted by Gasteiger charge is 2.36. The predicted molar refractivity (Wildman–Crippen MR) is 56.3 cm³/mol. The highest BCUT2D eigenvalue weighted by Crippen LogP contribution is 2.15. The molecule has 7 nitrogen and oxygen atoms in total. The van der Waals surface area contributed by atoms with E-state index < -0.39 is 35.0 Å². The number of morpholine rings is 1. The predicted octanol–water partition coefficient (Wildman–Crippen LogP) is -0.743. The molecule has 1 aliphatic rings. The molecule has 0 aromatic heterocycles. The van der Waals surface area contributed by atoms with Crippen LogP contribution in [0.4, 0.5) is 13.2 Å². The number of nitrogens with zero attached hydrogens (tertiary/aromatic N) is 1. The van der Waals surface area contributed by atoms with E-state index in [1.165, 1.54) is 4.72 Å². The largest absolute Gasteiger partial charge is 0.467 e. The lowest BCUT2D eigenvalue weighted by Gasteiger charge is -2.30. The fourth-order valence-corrected chi connectivity index (χ4v) is 2.56. The van der Waals surface area contributed by atoms with Crippen LogP contribution in [0.2, 0.25) is 0 Å². The quantitative estimate of drug-likeness (QED) is 0.691. The maximum absolute atomic E-state index is 12.0. The summed E-state index contributed by atoms with van der Waals surface area (Å²) in [6, 6.07) is 0. The number of alkyl halides is 3. The number of carbonyl (C=O) groups excluding carboxylic acids is 1. The van der Waals surface area contributed by atoms with Crippen molar-refractivity contribution in [3.63, 3.8) is 0 Å². The van der Waals surface area contributed by atoms with Gasteiger partial charge in [0.2, 0.25) is 0 Å². The minimum atomic E-state index is -4.65. The second-order valence-corrected chi connectivity index (χ2v) is 5.44. The highest BCUT2D eigenvalue weighted by molar-refractivity contribution is 7.87. The molecule has 0 spiro atoms. The van der Waals surface area contributed by atoms with Crippen molar-refractivity contribution in [3.8, 4) is 0 Å². The zero-order valence-corrected chi connectivity index (χ0v) is 10.8. The first-order valence-electron chi connectivity index (χ1n) is 5.16. The van der Waals surface area contributed by atoms with Crippen molar-refractivity contribution in [3.05, 3.63) is 0 Å². The molecule has 0 aromatic rings. The number of halogens is 3. The van der Waals surface area contributed by atoms with Crippen LogP contribution in [0, 0.1) is 0 Å². The van der Waals surface area contributed by atoms with E-state index in [1.807, 2.05) is 0 Å². The molecule has 1 saturated heterocycles. The van der Waals surface area contributed by atoms with Crippen LogP contribution in [0.15, 0.2) is 0 Å². The van der Waals surface area contributed by atoms with Crippen molar-refractivity contribution < 1.29 is 35.9 Å². The molecule has 0 radical (unpaired) electrons. The number of rotatable bonds is 4. The summed E-state index contributed by atoms with van der Waals surface area (Å²) in [6.45, 7) is -2.30. The van der Waals surface area contributed by atoms with Gasteiger partial charge in [-0.1, -0.05) is 0 Å². The molecule has 11 heteroatoms. The van der Waals surface area contributed by atoms with E-state index in [9.17, 15) is 26.4 Å². The lowest BCUT2D eigenvalue weighted by Crippen LogP contribution is -2.53. The van der Waals surface area contributed by atoms with E-state index in [-0.39, 0.29) is 19.7 Å². The van der Waals surface area contributed by atoms with Crippen molar-refractivity contribution >= 4 is 16.2 Å². The summed E-state index contributed by atoms with van der Waals surface area (Å²) in [4.78, 5) is 11.2. The summed E-state index contributed by atoms with van der Waals surface area (Å²) in [5.74, 6) is -0.782. The van der Waals surface area contributed by atoms with Gasteiger partial charge in [-0.2, -0.15) is 30.6 Å². The fourth-order valence-electron chi connectivity index (χ4n) is 1.38. The van der Waals surface area contributed by atoms with E-state index in [4.69, 9.17) is 4.74 Å². The fraction of sp³-hybridized carbons (Fsp3) is 0.875. The lowest BCUT2D eigenvalue weighted by atomic mass is 10.3. The molecule has 112 valence electrons. The molecule has 0 bridgehead atoms. The van der Waals surface area contributed by atoms with Gasteiger partial charge in [-0.05, 0) is 0 Å². The van der Waals surface area contributed by atoms with E-state index in [0.717, 1.165) is 7.11 Å². The summed E-state index contributed by atoms with van der Waals surface area (Å²) in [5, 5.41) is 0. The maximum Gasteiger partial charge on any atom is 0.402 e. The second kappa shape index (κ2) is 6.03. The smallest absolute Gasteiger partial charge is 0.402 e. The monoisotopic (exact) mass is 306 g/mol. The normalized spacial score (nSPS) is 22.2. The average molecular weight is 306 g/mol. The Balaban J connectivity index is 2.65. The Morgan fingerprint density at radius 1 is 1.53 bits per heavy atom. The number of esters is 1. The van der Waals surface area contributed by atoms with Gasteiger partial charge in [0.15, 0.2) is 6.10 Å². The minimum absolute atomic E-state index is 0.104. The molecular weight excluding hydrogens is 293 g/mol. The zero-order chi connectivity index (χ0) is 14.7. The van der Waals surface area contributed by atoms with Gasteiger partial charge in [0.25, 0.3) is 10.2 Å². The number of methoxy groups -OCH3 is 1. The van der Waals surface area contributed by atoms with Crippen molar-refractivity contribution in [2.75, 3.05) is 33.4 Å². The molecule has 0 amide bonds. The number of nitrogens with one attached hydrogen (secondary N) is 1. The molecule has 1 aliphatic heterocycles. The third kappa shape index (κ3) is 4.93. The van der Waals surface area contributed by atoms with Gasteiger partial charge in [-0.3, -0.25) is 0 Å². The minimum Gasteiger partial charge on any atom is -0.467 e. The van der Waals surface area contributed by atoms with Crippen molar-refractivity contribution in [2.45, 2.75) is 12.3 Å². The van der Waals surface area contributed by atoms with Crippen molar-refractivity contribution in [1.82, 2.24) is 9.03 Å². The molecular formula is C8H13F3N2O5S. The number of hydrogen-bond acceptors (Lipinski definition) is 5. The van der Waals surface area contributed by atoms with Crippen molar-refractivity contribution in [1.29, 1.82) is 0 Å². The standard InChI is InChI=1S/C8H13F3N2O5S/c1-17-7(14)6-4-13(2-3-18-6)19(15,16)12-5-8(9,10)11/h6,12H,2-5H2,1H3. The first-order chi connectivity index (χ1) is 8.65. The summed E-state index contributed by atoms with van der Waals surface area (Å²) in [6.07, 6.45) is -5.79. The molecule has 1 N–H and O–H groups in total. The van der Waals surface area contributed by atoms with Gasteiger partial charge in [0.1, 0.15) is 6.54 Å². The van der Waals surface area contributed by atoms with E-state index >= 15 is 0 Å². The SMILES string of the molecule is COC(=O)C1CN(S(=O)(=O)NCC(F)(F)F)CCO1. The Labute approximate surface area is 107 Å². The molecule has 19 heavy (non-hydrogen) atoms. The van der Waals surface area contributed by atoms with Gasteiger partial charge in [-0.25, -0.2) is 4.79 Å². The number of ether oxygens (including phenoxy) is 2. The highest BCUT2D eigenvalue weighted by atomic mass is 32.2. The molecule has 1 rings (SSSR count). The Morgan fingerprint density at radius 3 is 2.68 bits per heavy atom. The Bertz CT molecular complexity index is 425. The molecule has 0 aromatic carbocycles. The first-order valence-corrected chi connectivity index (χ1v) is 6.60.